The summed E-state index contributed by atoms with van der Waals surface area (Å²) >= 11 is 7.51. The Hall–Kier alpha value is -1.96. The van der Waals surface area contributed by atoms with Crippen molar-refractivity contribution in [3.8, 4) is 0 Å². The minimum atomic E-state index is -0.307. The summed E-state index contributed by atoms with van der Waals surface area (Å²) in [5.41, 5.74) is 1.46. The Morgan fingerprint density at radius 2 is 2.25 bits per heavy atom. The summed E-state index contributed by atoms with van der Waals surface area (Å²) in [5, 5.41) is 4.78. The standard InChI is InChI=1S/C16H17ClN4O2S/c1-3-21-13(6-7-18-21)15(22)19-16-20(8-9-23-2)12-5-4-11(17)10-14(12)24-16/h4-7,10H,3,8-9H2,1-2H3. The predicted molar refractivity (Wildman–Crippen MR) is 94.5 cm³/mol. The maximum absolute atomic E-state index is 12.5. The molecule has 0 aliphatic rings. The summed E-state index contributed by atoms with van der Waals surface area (Å²) in [6.07, 6.45) is 1.61. The highest BCUT2D eigenvalue weighted by Gasteiger charge is 2.12. The first-order chi connectivity index (χ1) is 11.6. The number of fused-ring (bicyclic) bond motifs is 1. The largest absolute Gasteiger partial charge is 0.383 e. The molecule has 1 aromatic carbocycles. The van der Waals surface area contributed by atoms with Gasteiger partial charge in [-0.15, -0.1) is 0 Å². The van der Waals surface area contributed by atoms with Crippen LogP contribution in [0.2, 0.25) is 5.02 Å². The molecular weight excluding hydrogens is 348 g/mol. The van der Waals surface area contributed by atoms with Crippen molar-refractivity contribution in [2.24, 2.45) is 4.99 Å². The summed E-state index contributed by atoms with van der Waals surface area (Å²) in [7, 11) is 1.65. The fourth-order valence-electron chi connectivity index (χ4n) is 2.44. The third kappa shape index (κ3) is 3.28. The fraction of sp³-hybridized carbons (Fsp3) is 0.312. The molecule has 126 valence electrons. The maximum atomic E-state index is 12.5. The molecule has 1 amide bonds. The number of nitrogens with zero attached hydrogens (tertiary/aromatic N) is 4. The third-order valence-electron chi connectivity index (χ3n) is 3.60. The second-order valence-electron chi connectivity index (χ2n) is 5.09. The van der Waals surface area contributed by atoms with Crippen LogP contribution in [0.3, 0.4) is 0 Å². The molecule has 0 spiro atoms. The third-order valence-corrected chi connectivity index (χ3v) is 4.87. The lowest BCUT2D eigenvalue weighted by Gasteiger charge is -2.04. The molecule has 0 aliphatic carbocycles. The predicted octanol–water partition coefficient (Wildman–Crippen LogP) is 2.96. The molecule has 3 aromatic rings. The van der Waals surface area contributed by atoms with Crippen molar-refractivity contribution in [1.29, 1.82) is 0 Å². The Morgan fingerprint density at radius 1 is 1.42 bits per heavy atom. The molecule has 0 unspecified atom stereocenters. The lowest BCUT2D eigenvalue weighted by Crippen LogP contribution is -2.20. The number of aromatic nitrogens is 3. The van der Waals surface area contributed by atoms with Crippen LogP contribution in [-0.2, 0) is 17.8 Å². The lowest BCUT2D eigenvalue weighted by molar-refractivity contribution is 0.0987. The Labute approximate surface area is 148 Å². The van der Waals surface area contributed by atoms with Crippen LogP contribution in [0, 0.1) is 0 Å². The van der Waals surface area contributed by atoms with Gasteiger partial charge in [-0.1, -0.05) is 22.9 Å². The van der Waals surface area contributed by atoms with Gasteiger partial charge in [-0.05, 0) is 31.2 Å². The van der Waals surface area contributed by atoms with Gasteiger partial charge in [-0.2, -0.15) is 10.1 Å². The molecule has 0 saturated carbocycles. The Morgan fingerprint density at radius 3 is 3.00 bits per heavy atom. The smallest absolute Gasteiger partial charge is 0.297 e. The number of ether oxygens (including phenoxy) is 1. The van der Waals surface area contributed by atoms with Gasteiger partial charge in [0, 0.05) is 31.4 Å². The number of aryl methyl sites for hydroxylation is 1. The van der Waals surface area contributed by atoms with Crippen molar-refractivity contribution in [2.45, 2.75) is 20.0 Å². The van der Waals surface area contributed by atoms with Crippen LogP contribution in [0.5, 0.6) is 0 Å². The molecule has 8 heteroatoms. The van der Waals surface area contributed by atoms with E-state index in [0.29, 0.717) is 35.2 Å². The number of carbonyl (C=O) groups excluding carboxylic acids is 1. The lowest BCUT2D eigenvalue weighted by atomic mass is 10.3. The highest BCUT2D eigenvalue weighted by Crippen LogP contribution is 2.22. The van der Waals surface area contributed by atoms with Gasteiger partial charge in [0.2, 0.25) is 0 Å². The molecule has 0 atom stereocenters. The summed E-state index contributed by atoms with van der Waals surface area (Å²) < 4.78 is 9.77. The van der Waals surface area contributed by atoms with Crippen LogP contribution >= 0.6 is 22.9 Å². The zero-order chi connectivity index (χ0) is 17.1. The van der Waals surface area contributed by atoms with Crippen molar-refractivity contribution in [2.75, 3.05) is 13.7 Å². The van der Waals surface area contributed by atoms with E-state index in [4.69, 9.17) is 16.3 Å². The SMILES string of the molecule is CCn1nccc1C(=O)N=c1sc2cc(Cl)ccc2n1CCOC. The van der Waals surface area contributed by atoms with E-state index in [2.05, 4.69) is 10.1 Å². The minimum Gasteiger partial charge on any atom is -0.383 e. The quantitative estimate of drug-likeness (QED) is 0.699. The molecule has 2 aromatic heterocycles. The molecule has 0 aliphatic heterocycles. The minimum absolute atomic E-state index is 0.307. The topological polar surface area (TPSA) is 61.4 Å². The number of hydrogen-bond acceptors (Lipinski definition) is 4. The molecule has 0 N–H and O–H groups in total. The van der Waals surface area contributed by atoms with E-state index in [0.717, 1.165) is 10.2 Å². The van der Waals surface area contributed by atoms with E-state index in [1.807, 2.05) is 29.7 Å². The van der Waals surface area contributed by atoms with E-state index < -0.39 is 0 Å². The van der Waals surface area contributed by atoms with Gasteiger partial charge < -0.3 is 9.30 Å². The molecule has 6 nitrogen and oxygen atoms in total. The maximum Gasteiger partial charge on any atom is 0.297 e. The first kappa shape index (κ1) is 16.9. The van der Waals surface area contributed by atoms with Crippen molar-refractivity contribution >= 4 is 39.1 Å². The van der Waals surface area contributed by atoms with Gasteiger partial charge in [0.15, 0.2) is 4.80 Å². The number of hydrogen-bond donors (Lipinski definition) is 0. The second-order valence-corrected chi connectivity index (χ2v) is 6.54. The molecule has 2 heterocycles. The number of amides is 1. The molecule has 3 rings (SSSR count). The number of halogens is 1. The van der Waals surface area contributed by atoms with Crippen molar-refractivity contribution in [3.05, 3.63) is 46.0 Å². The highest BCUT2D eigenvalue weighted by atomic mass is 35.5. The van der Waals surface area contributed by atoms with E-state index in [1.165, 1.54) is 11.3 Å². The number of thiazole rings is 1. The van der Waals surface area contributed by atoms with Crippen LogP contribution in [0.15, 0.2) is 35.5 Å². The number of benzene rings is 1. The van der Waals surface area contributed by atoms with Crippen LogP contribution in [0.1, 0.15) is 17.4 Å². The van der Waals surface area contributed by atoms with Crippen LogP contribution < -0.4 is 4.80 Å². The molecule has 0 fully saturated rings. The monoisotopic (exact) mass is 364 g/mol. The van der Waals surface area contributed by atoms with Crippen LogP contribution in [-0.4, -0.2) is 34.0 Å². The van der Waals surface area contributed by atoms with Gasteiger partial charge in [0.05, 0.1) is 16.8 Å². The first-order valence-corrected chi connectivity index (χ1v) is 8.72. The van der Waals surface area contributed by atoms with Crippen molar-refractivity contribution in [3.63, 3.8) is 0 Å². The van der Waals surface area contributed by atoms with Gasteiger partial charge in [0.1, 0.15) is 5.69 Å². The summed E-state index contributed by atoms with van der Waals surface area (Å²) in [4.78, 5) is 17.5. The van der Waals surface area contributed by atoms with Crippen molar-refractivity contribution < 1.29 is 9.53 Å². The zero-order valence-electron chi connectivity index (χ0n) is 13.4. The summed E-state index contributed by atoms with van der Waals surface area (Å²) in [6.45, 7) is 3.69. The number of carbonyl (C=O) groups is 1. The fourth-order valence-corrected chi connectivity index (χ4v) is 3.77. The molecule has 24 heavy (non-hydrogen) atoms. The normalized spacial score (nSPS) is 12.2. The average Bonchev–Trinajstić information content (AvgIpc) is 3.16. The van der Waals surface area contributed by atoms with E-state index in [9.17, 15) is 4.79 Å². The Kier molecular flexibility index (Phi) is 5.13. The van der Waals surface area contributed by atoms with Gasteiger partial charge in [-0.3, -0.25) is 9.48 Å². The second kappa shape index (κ2) is 7.29. The Balaban J connectivity index is 2.11. The van der Waals surface area contributed by atoms with Gasteiger partial charge >= 0.3 is 0 Å². The number of methoxy groups -OCH3 is 1. The number of rotatable bonds is 5. The van der Waals surface area contributed by atoms with Crippen LogP contribution in [0.4, 0.5) is 0 Å². The summed E-state index contributed by atoms with van der Waals surface area (Å²) in [6, 6.07) is 7.32. The average molecular weight is 365 g/mol. The molecule has 0 saturated heterocycles. The van der Waals surface area contributed by atoms with Gasteiger partial charge in [0.25, 0.3) is 5.91 Å². The highest BCUT2D eigenvalue weighted by molar-refractivity contribution is 7.16. The molecule has 0 radical (unpaired) electrons. The van der Waals surface area contributed by atoms with E-state index in [1.54, 1.807) is 24.1 Å². The summed E-state index contributed by atoms with van der Waals surface area (Å²) in [5.74, 6) is -0.307. The zero-order valence-corrected chi connectivity index (χ0v) is 15.0. The molecule has 0 bridgehead atoms. The Bertz CT molecular complexity index is 941. The molecular formula is C16H17ClN4O2S. The van der Waals surface area contributed by atoms with Gasteiger partial charge in [-0.25, -0.2) is 0 Å². The van der Waals surface area contributed by atoms with E-state index >= 15 is 0 Å². The van der Waals surface area contributed by atoms with E-state index in [-0.39, 0.29) is 5.91 Å². The van der Waals surface area contributed by atoms with Crippen LogP contribution in [0.25, 0.3) is 10.2 Å². The first-order valence-electron chi connectivity index (χ1n) is 7.52. The van der Waals surface area contributed by atoms with Crippen molar-refractivity contribution in [1.82, 2.24) is 14.3 Å².